The molecule has 0 fully saturated rings. The first-order valence-corrected chi connectivity index (χ1v) is 3.55. The monoisotopic (exact) mass is 130 g/mol. The molecule has 2 unspecified atom stereocenters. The van der Waals surface area contributed by atoms with Gasteiger partial charge in [-0.15, -0.1) is 0 Å². The van der Waals surface area contributed by atoms with Gasteiger partial charge in [-0.1, -0.05) is 13.8 Å². The molecule has 2 atom stereocenters. The molecule has 0 aliphatic heterocycles. The van der Waals surface area contributed by atoms with Crippen molar-refractivity contribution in [3.8, 4) is 0 Å². The number of rotatable bonds is 3. The number of nitrogens with two attached hydrogens (primary N) is 2. The zero-order valence-electron chi connectivity index (χ0n) is 6.59. The molecule has 0 spiro atoms. The van der Waals surface area contributed by atoms with E-state index in [0.29, 0.717) is 5.92 Å². The summed E-state index contributed by atoms with van der Waals surface area (Å²) in [5, 5.41) is 0. The lowest BCUT2D eigenvalue weighted by Gasteiger charge is -2.16. The fraction of sp³-hybridized carbons (Fsp3) is 1.00. The van der Waals surface area contributed by atoms with Crippen molar-refractivity contribution in [3.05, 3.63) is 0 Å². The molecule has 0 aromatic heterocycles. The van der Waals surface area contributed by atoms with E-state index in [4.69, 9.17) is 11.5 Å². The van der Waals surface area contributed by atoms with Crippen molar-refractivity contribution < 1.29 is 0 Å². The summed E-state index contributed by atoms with van der Waals surface area (Å²) in [6.07, 6.45) is 0.928. The van der Waals surface area contributed by atoms with E-state index >= 15 is 0 Å². The molecule has 0 aromatic carbocycles. The van der Waals surface area contributed by atoms with E-state index in [9.17, 15) is 0 Å². The fourth-order valence-electron chi connectivity index (χ4n) is 0.701. The summed E-state index contributed by atoms with van der Waals surface area (Å²) in [5.41, 5.74) is 11.3. The van der Waals surface area contributed by atoms with Gasteiger partial charge in [0.05, 0.1) is 0 Å². The molecule has 0 heterocycles. The molecule has 0 aromatic rings. The van der Waals surface area contributed by atoms with Gasteiger partial charge in [0.15, 0.2) is 0 Å². The third kappa shape index (κ3) is 4.43. The van der Waals surface area contributed by atoms with Crippen LogP contribution in [0.1, 0.15) is 27.2 Å². The molecule has 2 nitrogen and oxygen atoms in total. The van der Waals surface area contributed by atoms with E-state index in [1.165, 1.54) is 0 Å². The minimum atomic E-state index is 0.238. The molecule has 0 aliphatic carbocycles. The van der Waals surface area contributed by atoms with E-state index in [1.54, 1.807) is 0 Å². The molecule has 2 heteroatoms. The van der Waals surface area contributed by atoms with Crippen LogP contribution in [-0.4, -0.2) is 12.1 Å². The predicted octanol–water partition coefficient (Wildman–Crippen LogP) is 0.707. The van der Waals surface area contributed by atoms with Gasteiger partial charge in [0.2, 0.25) is 0 Å². The minimum absolute atomic E-state index is 0.238. The number of hydrogen-bond acceptors (Lipinski definition) is 2. The highest BCUT2D eigenvalue weighted by Crippen LogP contribution is 2.03. The molecule has 0 amide bonds. The average Bonchev–Trinajstić information content (AvgIpc) is 1.63. The quantitative estimate of drug-likeness (QED) is 0.591. The maximum atomic E-state index is 5.74. The van der Waals surface area contributed by atoms with Crippen molar-refractivity contribution in [1.82, 2.24) is 0 Å². The van der Waals surface area contributed by atoms with Gasteiger partial charge in [-0.25, -0.2) is 0 Å². The average molecular weight is 130 g/mol. The van der Waals surface area contributed by atoms with Crippen LogP contribution in [0, 0.1) is 5.92 Å². The Kier molecular flexibility index (Phi) is 3.82. The van der Waals surface area contributed by atoms with E-state index in [-0.39, 0.29) is 12.1 Å². The van der Waals surface area contributed by atoms with Gasteiger partial charge in [-0.3, -0.25) is 0 Å². The third-order valence-electron chi connectivity index (χ3n) is 1.50. The number of hydrogen-bond donors (Lipinski definition) is 2. The first kappa shape index (κ1) is 8.92. The lowest BCUT2D eigenvalue weighted by atomic mass is 9.99. The second-order valence-corrected chi connectivity index (χ2v) is 3.12. The van der Waals surface area contributed by atoms with Gasteiger partial charge < -0.3 is 11.5 Å². The van der Waals surface area contributed by atoms with Crippen LogP contribution in [0.2, 0.25) is 0 Å². The highest BCUT2D eigenvalue weighted by molar-refractivity contribution is 4.69. The minimum Gasteiger partial charge on any atom is -0.328 e. The Morgan fingerprint density at radius 1 is 1.11 bits per heavy atom. The summed E-state index contributed by atoms with van der Waals surface area (Å²) in [5.74, 6) is 0.552. The molecule has 0 aliphatic rings. The van der Waals surface area contributed by atoms with Crippen molar-refractivity contribution >= 4 is 0 Å². The molecule has 56 valence electrons. The van der Waals surface area contributed by atoms with Gasteiger partial charge >= 0.3 is 0 Å². The molecular formula is C7H18N2. The molecule has 0 radical (unpaired) electrons. The Morgan fingerprint density at radius 3 is 1.67 bits per heavy atom. The van der Waals surface area contributed by atoms with Gasteiger partial charge in [0.1, 0.15) is 0 Å². The normalized spacial score (nSPS) is 18.0. The maximum Gasteiger partial charge on any atom is 0.00765 e. The lowest BCUT2D eigenvalue weighted by Crippen LogP contribution is -2.33. The molecule has 9 heavy (non-hydrogen) atoms. The van der Waals surface area contributed by atoms with Crippen LogP contribution in [0.3, 0.4) is 0 Å². The van der Waals surface area contributed by atoms with Crippen molar-refractivity contribution in [2.45, 2.75) is 39.3 Å². The summed E-state index contributed by atoms with van der Waals surface area (Å²) in [6.45, 7) is 6.22. The maximum absolute atomic E-state index is 5.74. The standard InChI is InChI=1S/C7H18N2/c1-5(2)7(9)4-6(3)8/h5-7H,4,8-9H2,1-3H3. The first-order chi connectivity index (χ1) is 4.04. The van der Waals surface area contributed by atoms with Crippen molar-refractivity contribution in [1.29, 1.82) is 0 Å². The van der Waals surface area contributed by atoms with Crippen LogP contribution in [0.4, 0.5) is 0 Å². The Labute approximate surface area is 57.6 Å². The van der Waals surface area contributed by atoms with Gasteiger partial charge in [-0.05, 0) is 19.3 Å². The summed E-state index contributed by atoms with van der Waals surface area (Å²) in [4.78, 5) is 0. The Morgan fingerprint density at radius 2 is 1.56 bits per heavy atom. The van der Waals surface area contributed by atoms with Crippen LogP contribution < -0.4 is 11.5 Å². The Balaban J connectivity index is 3.38. The van der Waals surface area contributed by atoms with E-state index in [1.807, 2.05) is 6.92 Å². The summed E-state index contributed by atoms with van der Waals surface area (Å²) in [6, 6.07) is 0.507. The van der Waals surface area contributed by atoms with Crippen LogP contribution >= 0.6 is 0 Å². The molecule has 0 saturated heterocycles. The first-order valence-electron chi connectivity index (χ1n) is 3.55. The molecular weight excluding hydrogens is 112 g/mol. The zero-order chi connectivity index (χ0) is 7.44. The van der Waals surface area contributed by atoms with Gasteiger partial charge in [0.25, 0.3) is 0 Å². The smallest absolute Gasteiger partial charge is 0.00765 e. The van der Waals surface area contributed by atoms with Crippen LogP contribution in [-0.2, 0) is 0 Å². The van der Waals surface area contributed by atoms with E-state index in [0.717, 1.165) is 6.42 Å². The van der Waals surface area contributed by atoms with Crippen LogP contribution in [0.25, 0.3) is 0 Å². The second kappa shape index (κ2) is 3.85. The molecule has 0 bridgehead atoms. The third-order valence-corrected chi connectivity index (χ3v) is 1.50. The largest absolute Gasteiger partial charge is 0.328 e. The molecule has 0 rings (SSSR count). The summed E-state index contributed by atoms with van der Waals surface area (Å²) < 4.78 is 0. The molecule has 0 saturated carbocycles. The summed E-state index contributed by atoms with van der Waals surface area (Å²) in [7, 11) is 0. The van der Waals surface area contributed by atoms with Crippen molar-refractivity contribution in [2.75, 3.05) is 0 Å². The van der Waals surface area contributed by atoms with E-state index < -0.39 is 0 Å². The van der Waals surface area contributed by atoms with Gasteiger partial charge in [0, 0.05) is 12.1 Å². The van der Waals surface area contributed by atoms with Crippen LogP contribution in [0.5, 0.6) is 0 Å². The SMILES string of the molecule is CC(N)CC(N)C(C)C. The van der Waals surface area contributed by atoms with Gasteiger partial charge in [-0.2, -0.15) is 0 Å². The lowest BCUT2D eigenvalue weighted by molar-refractivity contribution is 0.435. The highest BCUT2D eigenvalue weighted by Gasteiger charge is 2.08. The fourth-order valence-corrected chi connectivity index (χ4v) is 0.701. The zero-order valence-corrected chi connectivity index (χ0v) is 6.59. The second-order valence-electron chi connectivity index (χ2n) is 3.12. The highest BCUT2D eigenvalue weighted by atomic mass is 14.7. The van der Waals surface area contributed by atoms with Crippen LogP contribution in [0.15, 0.2) is 0 Å². The van der Waals surface area contributed by atoms with Crippen molar-refractivity contribution in [2.24, 2.45) is 17.4 Å². The Hall–Kier alpha value is -0.0800. The topological polar surface area (TPSA) is 52.0 Å². The summed E-state index contributed by atoms with van der Waals surface area (Å²) >= 11 is 0. The van der Waals surface area contributed by atoms with Crippen molar-refractivity contribution in [3.63, 3.8) is 0 Å². The molecule has 4 N–H and O–H groups in total. The Bertz CT molecular complexity index is 69.3. The van der Waals surface area contributed by atoms with E-state index in [2.05, 4.69) is 13.8 Å². The predicted molar refractivity (Wildman–Crippen MR) is 41.1 cm³/mol.